The highest BCUT2D eigenvalue weighted by Gasteiger charge is 2.07. The molecule has 8 nitrogen and oxygen atoms in total. The van der Waals surface area contributed by atoms with Crippen LogP contribution in [0.2, 0.25) is 0 Å². The van der Waals surface area contributed by atoms with E-state index in [1.54, 1.807) is 23.3 Å². The highest BCUT2D eigenvalue weighted by Crippen LogP contribution is 2.11. The van der Waals surface area contributed by atoms with Gasteiger partial charge >= 0.3 is 0 Å². The standard InChI is InChI=1S/C11H18N8S/c1-8(20-2)3-4-14-9-15-10(18-12)17-11(16-9)19-6-5-13-7-19/h5-8H,3-4,12H2,1-2H3,(H2,14,15,16,17,18). The van der Waals surface area contributed by atoms with Gasteiger partial charge in [-0.3, -0.25) is 9.99 Å². The van der Waals surface area contributed by atoms with Gasteiger partial charge in [0.15, 0.2) is 0 Å². The molecular formula is C11H18N8S. The number of thioether (sulfide) groups is 1. The van der Waals surface area contributed by atoms with Gasteiger partial charge in [-0.2, -0.15) is 26.7 Å². The minimum Gasteiger partial charge on any atom is -0.354 e. The van der Waals surface area contributed by atoms with Gasteiger partial charge in [0.1, 0.15) is 6.33 Å². The Hall–Kier alpha value is -1.87. The van der Waals surface area contributed by atoms with Gasteiger partial charge in [-0.05, 0) is 12.7 Å². The molecule has 0 amide bonds. The lowest BCUT2D eigenvalue weighted by atomic mass is 10.3. The van der Waals surface area contributed by atoms with E-state index in [-0.39, 0.29) is 0 Å². The van der Waals surface area contributed by atoms with Crippen LogP contribution in [0.15, 0.2) is 18.7 Å². The number of anilines is 2. The fraction of sp³-hybridized carbons (Fsp3) is 0.455. The molecule has 0 aliphatic heterocycles. The number of hydrogen-bond acceptors (Lipinski definition) is 8. The van der Waals surface area contributed by atoms with Gasteiger partial charge in [-0.25, -0.2) is 10.8 Å². The summed E-state index contributed by atoms with van der Waals surface area (Å²) in [5.74, 6) is 6.64. The summed E-state index contributed by atoms with van der Waals surface area (Å²) in [5, 5.41) is 3.77. The zero-order valence-corrected chi connectivity index (χ0v) is 12.3. The van der Waals surface area contributed by atoms with Crippen LogP contribution < -0.4 is 16.6 Å². The normalized spacial score (nSPS) is 12.2. The molecular weight excluding hydrogens is 276 g/mol. The first-order valence-corrected chi connectivity index (χ1v) is 7.49. The van der Waals surface area contributed by atoms with Gasteiger partial charge in [0, 0.05) is 24.2 Å². The lowest BCUT2D eigenvalue weighted by molar-refractivity contribution is 0.832. The number of nitrogens with zero attached hydrogens (tertiary/aromatic N) is 5. The summed E-state index contributed by atoms with van der Waals surface area (Å²) in [4.78, 5) is 16.7. The number of hydrazine groups is 1. The van der Waals surface area contributed by atoms with Crippen molar-refractivity contribution in [2.75, 3.05) is 23.5 Å². The van der Waals surface area contributed by atoms with Crippen molar-refractivity contribution in [3.8, 4) is 5.95 Å². The summed E-state index contributed by atoms with van der Waals surface area (Å²) in [5.41, 5.74) is 2.44. The molecule has 2 heterocycles. The summed E-state index contributed by atoms with van der Waals surface area (Å²) in [7, 11) is 0. The average Bonchev–Trinajstić information content (AvgIpc) is 3.01. The molecule has 2 aromatic heterocycles. The third-order valence-electron chi connectivity index (χ3n) is 2.72. The van der Waals surface area contributed by atoms with E-state index in [2.05, 4.69) is 43.9 Å². The van der Waals surface area contributed by atoms with E-state index in [0.29, 0.717) is 23.1 Å². The third-order valence-corrected chi connectivity index (χ3v) is 3.76. The smallest absolute Gasteiger partial charge is 0.243 e. The summed E-state index contributed by atoms with van der Waals surface area (Å²) in [6.07, 6.45) is 8.16. The van der Waals surface area contributed by atoms with Gasteiger partial charge < -0.3 is 5.32 Å². The highest BCUT2D eigenvalue weighted by atomic mass is 32.2. The molecule has 2 aromatic rings. The van der Waals surface area contributed by atoms with Crippen LogP contribution in [0.4, 0.5) is 11.9 Å². The van der Waals surface area contributed by atoms with Crippen molar-refractivity contribution in [3.63, 3.8) is 0 Å². The van der Waals surface area contributed by atoms with Crippen molar-refractivity contribution in [3.05, 3.63) is 18.7 Å². The number of nitrogens with one attached hydrogen (secondary N) is 2. The van der Waals surface area contributed by atoms with E-state index in [4.69, 9.17) is 5.84 Å². The van der Waals surface area contributed by atoms with E-state index in [0.717, 1.165) is 13.0 Å². The third kappa shape index (κ3) is 3.81. The second-order valence-electron chi connectivity index (χ2n) is 4.16. The van der Waals surface area contributed by atoms with Crippen molar-refractivity contribution in [1.29, 1.82) is 0 Å². The molecule has 0 radical (unpaired) electrons. The number of nitrogens with two attached hydrogens (primary N) is 1. The van der Waals surface area contributed by atoms with Gasteiger partial charge in [0.05, 0.1) is 0 Å². The molecule has 4 N–H and O–H groups in total. The van der Waals surface area contributed by atoms with Crippen molar-refractivity contribution >= 4 is 23.7 Å². The Labute approximate surface area is 121 Å². The Morgan fingerprint density at radius 3 is 2.80 bits per heavy atom. The molecule has 0 spiro atoms. The predicted octanol–water partition coefficient (Wildman–Crippen LogP) is 0.896. The van der Waals surface area contributed by atoms with E-state index in [1.165, 1.54) is 0 Å². The summed E-state index contributed by atoms with van der Waals surface area (Å²) in [6, 6.07) is 0. The highest BCUT2D eigenvalue weighted by molar-refractivity contribution is 7.99. The predicted molar refractivity (Wildman–Crippen MR) is 80.8 cm³/mol. The summed E-state index contributed by atoms with van der Waals surface area (Å²) in [6.45, 7) is 2.98. The average molecular weight is 294 g/mol. The fourth-order valence-electron chi connectivity index (χ4n) is 1.51. The molecule has 108 valence electrons. The number of hydrogen-bond donors (Lipinski definition) is 3. The van der Waals surface area contributed by atoms with E-state index in [1.807, 2.05) is 11.8 Å². The van der Waals surface area contributed by atoms with Gasteiger partial charge in [0.2, 0.25) is 17.8 Å². The summed E-state index contributed by atoms with van der Waals surface area (Å²) < 4.78 is 1.69. The van der Waals surface area contributed by atoms with Crippen molar-refractivity contribution in [2.24, 2.45) is 5.84 Å². The van der Waals surface area contributed by atoms with Crippen molar-refractivity contribution in [2.45, 2.75) is 18.6 Å². The number of rotatable bonds is 7. The van der Waals surface area contributed by atoms with Crippen molar-refractivity contribution in [1.82, 2.24) is 24.5 Å². The second kappa shape index (κ2) is 7.06. The first-order valence-electron chi connectivity index (χ1n) is 6.20. The van der Waals surface area contributed by atoms with E-state index < -0.39 is 0 Å². The Morgan fingerprint density at radius 1 is 1.35 bits per heavy atom. The first kappa shape index (κ1) is 14.5. The first-order chi connectivity index (χ1) is 9.72. The van der Waals surface area contributed by atoms with Crippen LogP contribution in [0.5, 0.6) is 0 Å². The minimum atomic E-state index is 0.309. The van der Waals surface area contributed by atoms with Crippen LogP contribution in [-0.2, 0) is 0 Å². The number of imidazole rings is 1. The zero-order valence-electron chi connectivity index (χ0n) is 11.4. The molecule has 20 heavy (non-hydrogen) atoms. The van der Waals surface area contributed by atoms with Crippen LogP contribution in [-0.4, -0.2) is 42.6 Å². The molecule has 0 aliphatic rings. The minimum absolute atomic E-state index is 0.309. The molecule has 0 fully saturated rings. The molecule has 1 unspecified atom stereocenters. The molecule has 0 aromatic carbocycles. The fourth-order valence-corrected chi connectivity index (χ4v) is 1.86. The summed E-state index contributed by atoms with van der Waals surface area (Å²) >= 11 is 1.83. The van der Waals surface area contributed by atoms with Crippen LogP contribution in [0.3, 0.4) is 0 Å². The monoisotopic (exact) mass is 294 g/mol. The van der Waals surface area contributed by atoms with Gasteiger partial charge in [-0.1, -0.05) is 6.92 Å². The number of nitrogen functional groups attached to an aromatic ring is 1. The van der Waals surface area contributed by atoms with Crippen molar-refractivity contribution < 1.29 is 0 Å². The SMILES string of the molecule is CSC(C)CCNc1nc(NN)nc(-n2ccnc2)n1. The van der Waals surface area contributed by atoms with Gasteiger partial charge in [0.25, 0.3) is 0 Å². The van der Waals surface area contributed by atoms with E-state index >= 15 is 0 Å². The Morgan fingerprint density at radius 2 is 2.15 bits per heavy atom. The maximum absolute atomic E-state index is 5.38. The second-order valence-corrected chi connectivity index (χ2v) is 5.43. The maximum Gasteiger partial charge on any atom is 0.243 e. The van der Waals surface area contributed by atoms with Crippen LogP contribution >= 0.6 is 11.8 Å². The molecule has 0 saturated heterocycles. The topological polar surface area (TPSA) is 107 Å². The van der Waals surface area contributed by atoms with E-state index in [9.17, 15) is 0 Å². The molecule has 1 atom stereocenters. The lowest BCUT2D eigenvalue weighted by Gasteiger charge is -2.10. The van der Waals surface area contributed by atoms with Gasteiger partial charge in [-0.15, -0.1) is 0 Å². The molecule has 0 aliphatic carbocycles. The quantitative estimate of drug-likeness (QED) is 0.511. The maximum atomic E-state index is 5.38. The van der Waals surface area contributed by atoms with Crippen LogP contribution in [0.25, 0.3) is 5.95 Å². The van der Waals surface area contributed by atoms with Crippen LogP contribution in [0.1, 0.15) is 13.3 Å². The Bertz CT molecular complexity index is 529. The largest absolute Gasteiger partial charge is 0.354 e. The zero-order chi connectivity index (χ0) is 14.4. The molecule has 0 bridgehead atoms. The Kier molecular flexibility index (Phi) is 5.13. The number of aromatic nitrogens is 5. The Balaban J connectivity index is 2.10. The van der Waals surface area contributed by atoms with Crippen LogP contribution in [0, 0.1) is 0 Å². The molecule has 9 heteroatoms. The molecule has 0 saturated carbocycles. The molecule has 2 rings (SSSR count). The lowest BCUT2D eigenvalue weighted by Crippen LogP contribution is -2.16.